The quantitative estimate of drug-likeness (QED) is 0.752. The number of benzene rings is 1. The molecule has 0 saturated carbocycles. The van der Waals surface area contributed by atoms with Crippen LogP contribution in [0.5, 0.6) is 5.75 Å². The van der Waals surface area contributed by atoms with E-state index in [-0.39, 0.29) is 24.4 Å². The SMILES string of the molecule is COCCCOc1ccc(C(=O)NC2CCNCC2)cc1.Cl. The molecule has 1 amide bonds. The summed E-state index contributed by atoms with van der Waals surface area (Å²) in [7, 11) is 1.68. The third kappa shape index (κ3) is 6.22. The Balaban J connectivity index is 0.00000242. The average Bonchev–Trinajstić information content (AvgIpc) is 2.53. The van der Waals surface area contributed by atoms with Gasteiger partial charge in [0, 0.05) is 31.7 Å². The van der Waals surface area contributed by atoms with Crippen LogP contribution in [0.25, 0.3) is 0 Å². The van der Waals surface area contributed by atoms with Crippen LogP contribution >= 0.6 is 12.4 Å². The molecular formula is C16H25ClN2O3. The Labute approximate surface area is 138 Å². The first kappa shape index (κ1) is 18.7. The van der Waals surface area contributed by atoms with E-state index in [1.165, 1.54) is 0 Å². The topological polar surface area (TPSA) is 59.6 Å². The molecule has 6 heteroatoms. The van der Waals surface area contributed by atoms with Gasteiger partial charge in [0.1, 0.15) is 5.75 Å². The number of carbonyl (C=O) groups is 1. The molecule has 124 valence electrons. The normalized spacial score (nSPS) is 15.0. The van der Waals surface area contributed by atoms with Gasteiger partial charge in [0.25, 0.3) is 5.91 Å². The largest absolute Gasteiger partial charge is 0.494 e. The molecule has 0 spiro atoms. The van der Waals surface area contributed by atoms with Gasteiger partial charge in [0.15, 0.2) is 0 Å². The maximum absolute atomic E-state index is 12.1. The number of rotatable bonds is 7. The van der Waals surface area contributed by atoms with Crippen LogP contribution in [0.15, 0.2) is 24.3 Å². The Morgan fingerprint density at radius 3 is 2.55 bits per heavy atom. The van der Waals surface area contributed by atoms with Crippen LogP contribution < -0.4 is 15.4 Å². The molecule has 2 N–H and O–H groups in total. The third-order valence-electron chi connectivity index (χ3n) is 3.55. The Kier molecular flexibility index (Phi) is 8.89. The Bertz CT molecular complexity index is 434. The molecule has 1 aromatic rings. The van der Waals surface area contributed by atoms with Gasteiger partial charge < -0.3 is 20.1 Å². The zero-order chi connectivity index (χ0) is 14.9. The summed E-state index contributed by atoms with van der Waals surface area (Å²) in [6.07, 6.45) is 2.84. The molecule has 0 atom stereocenters. The van der Waals surface area contributed by atoms with Gasteiger partial charge in [-0.15, -0.1) is 12.4 Å². The predicted octanol–water partition coefficient (Wildman–Crippen LogP) is 2.01. The first-order valence-electron chi connectivity index (χ1n) is 7.53. The fourth-order valence-electron chi connectivity index (χ4n) is 2.33. The van der Waals surface area contributed by atoms with E-state index in [9.17, 15) is 4.79 Å². The summed E-state index contributed by atoms with van der Waals surface area (Å²) in [5.41, 5.74) is 0.678. The van der Waals surface area contributed by atoms with Crippen molar-refractivity contribution in [2.24, 2.45) is 0 Å². The van der Waals surface area contributed by atoms with Crippen LogP contribution in [-0.4, -0.2) is 45.4 Å². The lowest BCUT2D eigenvalue weighted by molar-refractivity contribution is 0.0929. The van der Waals surface area contributed by atoms with Gasteiger partial charge in [-0.3, -0.25) is 4.79 Å². The Morgan fingerprint density at radius 2 is 1.91 bits per heavy atom. The van der Waals surface area contributed by atoms with Crippen LogP contribution in [-0.2, 0) is 4.74 Å². The molecule has 1 aliphatic rings. The van der Waals surface area contributed by atoms with Gasteiger partial charge in [0.2, 0.25) is 0 Å². The summed E-state index contributed by atoms with van der Waals surface area (Å²) >= 11 is 0. The van der Waals surface area contributed by atoms with Crippen molar-refractivity contribution in [2.75, 3.05) is 33.4 Å². The molecular weight excluding hydrogens is 304 g/mol. The predicted molar refractivity (Wildman–Crippen MR) is 89.0 cm³/mol. The number of ether oxygens (including phenoxy) is 2. The van der Waals surface area contributed by atoms with Crippen molar-refractivity contribution in [1.82, 2.24) is 10.6 Å². The minimum atomic E-state index is -0.00664. The van der Waals surface area contributed by atoms with Crippen LogP contribution in [0.2, 0.25) is 0 Å². The molecule has 1 aromatic carbocycles. The van der Waals surface area contributed by atoms with E-state index < -0.39 is 0 Å². The highest BCUT2D eigenvalue weighted by atomic mass is 35.5. The Hall–Kier alpha value is -1.30. The highest BCUT2D eigenvalue weighted by molar-refractivity contribution is 5.94. The van der Waals surface area contributed by atoms with Crippen molar-refractivity contribution < 1.29 is 14.3 Å². The first-order chi connectivity index (χ1) is 10.3. The van der Waals surface area contributed by atoms with E-state index in [1.54, 1.807) is 7.11 Å². The van der Waals surface area contributed by atoms with Crippen molar-refractivity contribution in [1.29, 1.82) is 0 Å². The molecule has 0 bridgehead atoms. The zero-order valence-electron chi connectivity index (χ0n) is 13.0. The molecule has 1 aliphatic heterocycles. The number of carbonyl (C=O) groups excluding carboxylic acids is 1. The highest BCUT2D eigenvalue weighted by Gasteiger charge is 2.16. The van der Waals surface area contributed by atoms with Gasteiger partial charge in [-0.1, -0.05) is 0 Å². The number of nitrogens with one attached hydrogen (secondary N) is 2. The van der Waals surface area contributed by atoms with Crippen molar-refractivity contribution >= 4 is 18.3 Å². The molecule has 5 nitrogen and oxygen atoms in total. The second kappa shape index (κ2) is 10.4. The van der Waals surface area contributed by atoms with Gasteiger partial charge in [-0.2, -0.15) is 0 Å². The van der Waals surface area contributed by atoms with E-state index >= 15 is 0 Å². The molecule has 0 aromatic heterocycles. The van der Waals surface area contributed by atoms with E-state index in [4.69, 9.17) is 9.47 Å². The van der Waals surface area contributed by atoms with Crippen molar-refractivity contribution in [3.63, 3.8) is 0 Å². The van der Waals surface area contributed by atoms with Crippen molar-refractivity contribution in [3.8, 4) is 5.75 Å². The Morgan fingerprint density at radius 1 is 1.23 bits per heavy atom. The van der Waals surface area contributed by atoms with E-state index in [2.05, 4.69) is 10.6 Å². The molecule has 0 radical (unpaired) electrons. The van der Waals surface area contributed by atoms with Crippen molar-refractivity contribution in [3.05, 3.63) is 29.8 Å². The maximum Gasteiger partial charge on any atom is 0.251 e. The summed E-state index contributed by atoms with van der Waals surface area (Å²) in [5, 5.41) is 6.37. The third-order valence-corrected chi connectivity index (χ3v) is 3.55. The summed E-state index contributed by atoms with van der Waals surface area (Å²) in [6, 6.07) is 7.57. The zero-order valence-corrected chi connectivity index (χ0v) is 13.8. The van der Waals surface area contributed by atoms with Gasteiger partial charge in [-0.05, 0) is 50.2 Å². The number of halogens is 1. The molecule has 1 heterocycles. The average molecular weight is 329 g/mol. The lowest BCUT2D eigenvalue weighted by atomic mass is 10.1. The van der Waals surface area contributed by atoms with E-state index in [0.717, 1.165) is 38.1 Å². The van der Waals surface area contributed by atoms with Gasteiger partial charge in [-0.25, -0.2) is 0 Å². The van der Waals surface area contributed by atoms with Crippen LogP contribution in [0.1, 0.15) is 29.6 Å². The number of hydrogen-bond acceptors (Lipinski definition) is 4. The fraction of sp³-hybridized carbons (Fsp3) is 0.562. The second-order valence-electron chi connectivity index (χ2n) is 5.22. The lowest BCUT2D eigenvalue weighted by Gasteiger charge is -2.23. The molecule has 0 unspecified atom stereocenters. The monoisotopic (exact) mass is 328 g/mol. The minimum Gasteiger partial charge on any atom is -0.494 e. The smallest absolute Gasteiger partial charge is 0.251 e. The standard InChI is InChI=1S/C16H24N2O3.ClH/c1-20-11-2-12-21-15-5-3-13(4-6-15)16(19)18-14-7-9-17-10-8-14;/h3-6,14,17H,2,7-12H2,1H3,(H,18,19);1H. The minimum absolute atomic E-state index is 0. The summed E-state index contributed by atoms with van der Waals surface area (Å²) < 4.78 is 10.5. The maximum atomic E-state index is 12.1. The molecule has 0 aliphatic carbocycles. The molecule has 2 rings (SSSR count). The highest BCUT2D eigenvalue weighted by Crippen LogP contribution is 2.13. The molecule has 22 heavy (non-hydrogen) atoms. The number of hydrogen-bond donors (Lipinski definition) is 2. The van der Waals surface area contributed by atoms with Gasteiger partial charge in [0.05, 0.1) is 6.61 Å². The van der Waals surface area contributed by atoms with Gasteiger partial charge >= 0.3 is 0 Å². The number of piperidine rings is 1. The number of amides is 1. The number of methoxy groups -OCH3 is 1. The molecule has 1 fully saturated rings. The lowest BCUT2D eigenvalue weighted by Crippen LogP contribution is -2.42. The van der Waals surface area contributed by atoms with E-state index in [1.807, 2.05) is 24.3 Å². The fourth-order valence-corrected chi connectivity index (χ4v) is 2.33. The van der Waals surface area contributed by atoms with Crippen LogP contribution in [0.4, 0.5) is 0 Å². The second-order valence-corrected chi connectivity index (χ2v) is 5.22. The van der Waals surface area contributed by atoms with Crippen LogP contribution in [0.3, 0.4) is 0 Å². The van der Waals surface area contributed by atoms with E-state index in [0.29, 0.717) is 18.8 Å². The summed E-state index contributed by atoms with van der Waals surface area (Å²) in [4.78, 5) is 12.1. The summed E-state index contributed by atoms with van der Waals surface area (Å²) in [5.74, 6) is 0.775. The van der Waals surface area contributed by atoms with Crippen molar-refractivity contribution in [2.45, 2.75) is 25.3 Å². The first-order valence-corrected chi connectivity index (χ1v) is 7.53. The molecule has 1 saturated heterocycles. The van der Waals surface area contributed by atoms with Crippen LogP contribution in [0, 0.1) is 0 Å². The summed E-state index contributed by atoms with van der Waals surface area (Å²) in [6.45, 7) is 3.25.